The van der Waals surface area contributed by atoms with Crippen molar-refractivity contribution in [2.24, 2.45) is 10.2 Å². The number of azo groups is 1. The third kappa shape index (κ3) is 2.95. The zero-order valence-electron chi connectivity index (χ0n) is 14.2. The highest BCUT2D eigenvalue weighted by atomic mass is 16.5. The SMILES string of the molecule is COc1ccc(N=Nc2c(C(C)C)nc3ccccn23)cc1OC. The maximum atomic E-state index is 5.30. The lowest BCUT2D eigenvalue weighted by Gasteiger charge is -2.07. The van der Waals surface area contributed by atoms with Crippen molar-refractivity contribution in [2.45, 2.75) is 19.8 Å². The van der Waals surface area contributed by atoms with Crippen LogP contribution >= 0.6 is 0 Å². The van der Waals surface area contributed by atoms with E-state index in [2.05, 4.69) is 29.1 Å². The Morgan fingerprint density at radius 3 is 2.50 bits per heavy atom. The number of aromatic nitrogens is 2. The molecule has 0 aliphatic carbocycles. The van der Waals surface area contributed by atoms with Crippen LogP contribution in [0.3, 0.4) is 0 Å². The maximum Gasteiger partial charge on any atom is 0.183 e. The Balaban J connectivity index is 2.03. The van der Waals surface area contributed by atoms with Gasteiger partial charge in [0.1, 0.15) is 5.65 Å². The van der Waals surface area contributed by atoms with Crippen LogP contribution in [0, 0.1) is 0 Å². The van der Waals surface area contributed by atoms with Crippen molar-refractivity contribution in [1.29, 1.82) is 0 Å². The second-order valence-corrected chi connectivity index (χ2v) is 5.64. The summed E-state index contributed by atoms with van der Waals surface area (Å²) in [5, 5.41) is 8.80. The van der Waals surface area contributed by atoms with Crippen LogP contribution in [-0.2, 0) is 0 Å². The van der Waals surface area contributed by atoms with E-state index in [9.17, 15) is 0 Å². The van der Waals surface area contributed by atoms with Crippen LogP contribution < -0.4 is 9.47 Å². The highest BCUT2D eigenvalue weighted by Crippen LogP contribution is 2.33. The molecule has 1 aromatic carbocycles. The van der Waals surface area contributed by atoms with Gasteiger partial charge in [0.15, 0.2) is 17.3 Å². The fraction of sp³-hybridized carbons (Fsp3) is 0.278. The van der Waals surface area contributed by atoms with Gasteiger partial charge in [0.05, 0.1) is 25.6 Å². The van der Waals surface area contributed by atoms with Crippen molar-refractivity contribution in [1.82, 2.24) is 9.38 Å². The molecule has 2 heterocycles. The molecule has 0 atom stereocenters. The van der Waals surface area contributed by atoms with Crippen LogP contribution in [0.2, 0.25) is 0 Å². The number of hydrogen-bond acceptors (Lipinski definition) is 5. The normalized spacial score (nSPS) is 11.5. The standard InChI is InChI=1S/C18H20N4O2/c1-12(2)17-18(22-10-6-5-7-16(22)19-17)21-20-13-8-9-14(23-3)15(11-13)24-4/h5-12H,1-4H3. The first kappa shape index (κ1) is 16.0. The largest absolute Gasteiger partial charge is 0.493 e. The van der Waals surface area contributed by atoms with Crippen molar-refractivity contribution in [3.05, 3.63) is 48.3 Å². The molecule has 0 N–H and O–H groups in total. The summed E-state index contributed by atoms with van der Waals surface area (Å²) >= 11 is 0. The Morgan fingerprint density at radius 2 is 1.79 bits per heavy atom. The first-order valence-corrected chi connectivity index (χ1v) is 7.74. The summed E-state index contributed by atoms with van der Waals surface area (Å²) in [5.41, 5.74) is 2.47. The number of pyridine rings is 1. The van der Waals surface area contributed by atoms with Gasteiger partial charge in [0, 0.05) is 12.3 Å². The van der Waals surface area contributed by atoms with Crippen LogP contribution in [0.5, 0.6) is 11.5 Å². The summed E-state index contributed by atoms with van der Waals surface area (Å²) in [6.07, 6.45) is 1.94. The van der Waals surface area contributed by atoms with E-state index in [1.54, 1.807) is 20.3 Å². The predicted molar refractivity (Wildman–Crippen MR) is 93.0 cm³/mol. The molecule has 0 saturated carbocycles. The van der Waals surface area contributed by atoms with E-state index < -0.39 is 0 Å². The molecule has 3 rings (SSSR count). The zero-order valence-corrected chi connectivity index (χ0v) is 14.2. The summed E-state index contributed by atoms with van der Waals surface area (Å²) in [4.78, 5) is 4.65. The number of hydrogen-bond donors (Lipinski definition) is 0. The van der Waals surface area contributed by atoms with Crippen molar-refractivity contribution in [2.75, 3.05) is 14.2 Å². The first-order valence-electron chi connectivity index (χ1n) is 7.74. The summed E-state index contributed by atoms with van der Waals surface area (Å²) in [7, 11) is 3.20. The van der Waals surface area contributed by atoms with Crippen LogP contribution in [0.1, 0.15) is 25.5 Å². The molecule has 24 heavy (non-hydrogen) atoms. The van der Waals surface area contributed by atoms with Gasteiger partial charge < -0.3 is 9.47 Å². The number of methoxy groups -OCH3 is 2. The fourth-order valence-electron chi connectivity index (χ4n) is 2.48. The summed E-state index contributed by atoms with van der Waals surface area (Å²) in [5.74, 6) is 2.28. The van der Waals surface area contributed by atoms with Gasteiger partial charge in [0.2, 0.25) is 0 Å². The molecule has 0 aliphatic rings. The lowest BCUT2D eigenvalue weighted by atomic mass is 10.1. The molecule has 0 spiro atoms. The molecule has 3 aromatic rings. The van der Waals surface area contributed by atoms with Gasteiger partial charge in [-0.2, -0.15) is 0 Å². The van der Waals surface area contributed by atoms with E-state index in [0.717, 1.165) is 17.2 Å². The summed E-state index contributed by atoms with van der Waals surface area (Å²) in [6.45, 7) is 4.19. The second kappa shape index (κ2) is 6.70. The van der Waals surface area contributed by atoms with Crippen LogP contribution in [0.25, 0.3) is 5.65 Å². The average molecular weight is 324 g/mol. The molecular formula is C18H20N4O2. The highest BCUT2D eigenvalue weighted by Gasteiger charge is 2.14. The van der Waals surface area contributed by atoms with Crippen molar-refractivity contribution in [3.63, 3.8) is 0 Å². The number of nitrogens with zero attached hydrogens (tertiary/aromatic N) is 4. The van der Waals surface area contributed by atoms with Gasteiger partial charge in [-0.15, -0.1) is 10.2 Å². The lowest BCUT2D eigenvalue weighted by molar-refractivity contribution is 0.355. The van der Waals surface area contributed by atoms with Crippen molar-refractivity contribution < 1.29 is 9.47 Å². The Bertz CT molecular complexity index is 884. The quantitative estimate of drug-likeness (QED) is 0.628. The van der Waals surface area contributed by atoms with Crippen molar-refractivity contribution in [3.8, 4) is 11.5 Å². The topological polar surface area (TPSA) is 60.5 Å². The maximum absolute atomic E-state index is 5.30. The minimum atomic E-state index is 0.254. The third-order valence-corrected chi connectivity index (χ3v) is 3.70. The van der Waals surface area contributed by atoms with E-state index >= 15 is 0 Å². The Morgan fingerprint density at radius 1 is 1.00 bits per heavy atom. The molecular weight excluding hydrogens is 304 g/mol. The smallest absolute Gasteiger partial charge is 0.183 e. The monoisotopic (exact) mass is 324 g/mol. The molecule has 0 fully saturated rings. The fourth-order valence-corrected chi connectivity index (χ4v) is 2.48. The predicted octanol–water partition coefficient (Wildman–Crippen LogP) is 4.89. The third-order valence-electron chi connectivity index (χ3n) is 3.70. The van der Waals surface area contributed by atoms with Gasteiger partial charge in [-0.1, -0.05) is 19.9 Å². The average Bonchev–Trinajstić information content (AvgIpc) is 2.98. The van der Waals surface area contributed by atoms with E-state index in [4.69, 9.17) is 9.47 Å². The molecule has 2 aromatic heterocycles. The van der Waals surface area contributed by atoms with Crippen LogP contribution in [0.15, 0.2) is 52.8 Å². The van der Waals surface area contributed by atoms with E-state index in [1.165, 1.54) is 0 Å². The molecule has 0 unspecified atom stereocenters. The van der Waals surface area contributed by atoms with Gasteiger partial charge in [-0.05, 0) is 30.2 Å². The zero-order chi connectivity index (χ0) is 17.1. The van der Waals surface area contributed by atoms with Gasteiger partial charge in [0.25, 0.3) is 0 Å². The number of imidazole rings is 1. The van der Waals surface area contributed by atoms with Gasteiger partial charge in [-0.25, -0.2) is 4.98 Å². The number of rotatable bonds is 5. The Kier molecular flexibility index (Phi) is 4.46. The molecule has 124 valence electrons. The molecule has 0 bridgehead atoms. The minimum absolute atomic E-state index is 0.254. The summed E-state index contributed by atoms with van der Waals surface area (Å²) < 4.78 is 12.5. The van der Waals surface area contributed by atoms with E-state index in [1.807, 2.05) is 40.9 Å². The molecule has 0 saturated heterocycles. The molecule has 6 nitrogen and oxygen atoms in total. The molecule has 0 radical (unpaired) electrons. The second-order valence-electron chi connectivity index (χ2n) is 5.64. The first-order chi connectivity index (χ1) is 11.6. The molecule has 0 amide bonds. The highest BCUT2D eigenvalue weighted by molar-refractivity contribution is 5.54. The number of fused-ring (bicyclic) bond motifs is 1. The molecule has 6 heteroatoms. The molecule has 0 aliphatic heterocycles. The number of benzene rings is 1. The van der Waals surface area contributed by atoms with Crippen LogP contribution in [0.4, 0.5) is 11.5 Å². The number of ether oxygens (including phenoxy) is 2. The van der Waals surface area contributed by atoms with Gasteiger partial charge >= 0.3 is 0 Å². The Hall–Kier alpha value is -2.89. The van der Waals surface area contributed by atoms with Gasteiger partial charge in [-0.3, -0.25) is 4.40 Å². The van der Waals surface area contributed by atoms with Crippen molar-refractivity contribution >= 4 is 17.2 Å². The lowest BCUT2D eigenvalue weighted by Crippen LogP contribution is -1.89. The van der Waals surface area contributed by atoms with Crippen LogP contribution in [-0.4, -0.2) is 23.6 Å². The summed E-state index contributed by atoms with van der Waals surface area (Å²) in [6, 6.07) is 11.3. The van der Waals surface area contributed by atoms with E-state index in [-0.39, 0.29) is 5.92 Å². The minimum Gasteiger partial charge on any atom is -0.493 e. The van der Waals surface area contributed by atoms with E-state index in [0.29, 0.717) is 17.2 Å². The Labute approximate surface area is 140 Å².